The fourth-order valence-corrected chi connectivity index (χ4v) is 2.51. The second-order valence-electron chi connectivity index (χ2n) is 5.38. The largest absolute Gasteiger partial charge is 0.342 e. The van der Waals surface area contributed by atoms with Crippen LogP contribution in [0.25, 0.3) is 23.2 Å². The number of aromatic nitrogens is 2. The number of rotatable bonds is 3. The van der Waals surface area contributed by atoms with Gasteiger partial charge in [-0.05, 0) is 24.5 Å². The zero-order valence-electron chi connectivity index (χ0n) is 11.2. The summed E-state index contributed by atoms with van der Waals surface area (Å²) in [6.45, 7) is 0. The van der Waals surface area contributed by atoms with E-state index in [1.165, 1.54) is 24.0 Å². The molecule has 1 aliphatic carbocycles. The number of benzene rings is 2. The number of nitrogens with zero attached hydrogens (tertiary/aromatic N) is 1. The Balaban J connectivity index is 1.73. The van der Waals surface area contributed by atoms with Crippen LogP contribution >= 0.6 is 0 Å². The number of hydrogen-bond donors (Lipinski definition) is 1. The van der Waals surface area contributed by atoms with Crippen molar-refractivity contribution in [3.05, 3.63) is 65.5 Å². The zero-order valence-corrected chi connectivity index (χ0v) is 11.2. The summed E-state index contributed by atoms with van der Waals surface area (Å²) < 4.78 is 0. The number of fused-ring (bicyclic) bond motifs is 1. The van der Waals surface area contributed by atoms with E-state index in [-0.39, 0.29) is 0 Å². The molecule has 4 rings (SSSR count). The molecule has 0 radical (unpaired) electrons. The predicted molar refractivity (Wildman–Crippen MR) is 83.4 cm³/mol. The van der Waals surface area contributed by atoms with E-state index in [1.807, 2.05) is 6.07 Å². The lowest BCUT2D eigenvalue weighted by Crippen LogP contribution is -1.80. The van der Waals surface area contributed by atoms with E-state index in [2.05, 4.69) is 59.6 Å². The molecule has 3 aromatic rings. The third kappa shape index (κ3) is 2.14. The Morgan fingerprint density at radius 2 is 1.80 bits per heavy atom. The Bertz CT molecular complexity index is 764. The summed E-state index contributed by atoms with van der Waals surface area (Å²) in [7, 11) is 0. The molecule has 1 saturated carbocycles. The summed E-state index contributed by atoms with van der Waals surface area (Å²) in [4.78, 5) is 8.23. The fourth-order valence-electron chi connectivity index (χ4n) is 2.51. The molecule has 0 bridgehead atoms. The van der Waals surface area contributed by atoms with Crippen LogP contribution in [0.3, 0.4) is 0 Å². The zero-order chi connectivity index (χ0) is 13.4. The molecule has 0 saturated heterocycles. The van der Waals surface area contributed by atoms with Crippen molar-refractivity contribution in [2.45, 2.75) is 18.8 Å². The van der Waals surface area contributed by atoms with Gasteiger partial charge in [0, 0.05) is 11.5 Å². The van der Waals surface area contributed by atoms with E-state index in [0.29, 0.717) is 5.92 Å². The van der Waals surface area contributed by atoms with Crippen molar-refractivity contribution >= 4 is 23.2 Å². The first-order valence-corrected chi connectivity index (χ1v) is 7.12. The van der Waals surface area contributed by atoms with Crippen LogP contribution in [0, 0.1) is 0 Å². The molecule has 1 aliphatic rings. The van der Waals surface area contributed by atoms with Crippen LogP contribution in [-0.4, -0.2) is 9.97 Å². The second kappa shape index (κ2) is 4.64. The quantitative estimate of drug-likeness (QED) is 0.684. The lowest BCUT2D eigenvalue weighted by molar-refractivity contribution is 0.986. The molecular formula is C18H16N2. The van der Waals surface area contributed by atoms with E-state index >= 15 is 0 Å². The number of aromatic amines is 1. The van der Waals surface area contributed by atoms with Crippen LogP contribution in [0.4, 0.5) is 0 Å². The average molecular weight is 260 g/mol. The monoisotopic (exact) mass is 260 g/mol. The molecule has 2 nitrogen and oxygen atoms in total. The van der Waals surface area contributed by atoms with Gasteiger partial charge in [-0.3, -0.25) is 0 Å². The summed E-state index contributed by atoms with van der Waals surface area (Å²) in [6, 6.07) is 16.7. The highest BCUT2D eigenvalue weighted by Crippen LogP contribution is 2.39. The van der Waals surface area contributed by atoms with E-state index in [9.17, 15) is 0 Å². The topological polar surface area (TPSA) is 28.7 Å². The van der Waals surface area contributed by atoms with Gasteiger partial charge < -0.3 is 4.98 Å². The molecule has 0 unspecified atom stereocenters. The SMILES string of the molecule is C(=Cc1cccc2[nH]c(C3CC3)nc12)c1ccccc1. The molecule has 1 heterocycles. The van der Waals surface area contributed by atoms with E-state index in [4.69, 9.17) is 4.98 Å². The van der Waals surface area contributed by atoms with Gasteiger partial charge in [-0.2, -0.15) is 0 Å². The van der Waals surface area contributed by atoms with E-state index < -0.39 is 0 Å². The molecule has 20 heavy (non-hydrogen) atoms. The smallest absolute Gasteiger partial charge is 0.110 e. The molecule has 1 fully saturated rings. The normalized spacial score (nSPS) is 15.2. The van der Waals surface area contributed by atoms with Gasteiger partial charge in [0.15, 0.2) is 0 Å². The predicted octanol–water partition coefficient (Wildman–Crippen LogP) is 4.61. The second-order valence-corrected chi connectivity index (χ2v) is 5.38. The van der Waals surface area contributed by atoms with Crippen molar-refractivity contribution in [3.63, 3.8) is 0 Å². The lowest BCUT2D eigenvalue weighted by atomic mass is 10.1. The van der Waals surface area contributed by atoms with Crippen molar-refractivity contribution in [3.8, 4) is 0 Å². The van der Waals surface area contributed by atoms with E-state index in [0.717, 1.165) is 16.9 Å². The van der Waals surface area contributed by atoms with Crippen molar-refractivity contribution in [2.75, 3.05) is 0 Å². The molecule has 0 amide bonds. The maximum Gasteiger partial charge on any atom is 0.110 e. The average Bonchev–Trinajstić information content (AvgIpc) is 3.25. The van der Waals surface area contributed by atoms with Gasteiger partial charge in [0.05, 0.1) is 11.0 Å². The third-order valence-corrected chi connectivity index (χ3v) is 3.78. The first-order valence-electron chi connectivity index (χ1n) is 7.12. The number of para-hydroxylation sites is 1. The van der Waals surface area contributed by atoms with Gasteiger partial charge in [-0.1, -0.05) is 54.6 Å². The number of H-pyrrole nitrogens is 1. The first-order chi connectivity index (χ1) is 9.90. The molecule has 1 N–H and O–H groups in total. The van der Waals surface area contributed by atoms with Gasteiger partial charge in [0.25, 0.3) is 0 Å². The Morgan fingerprint density at radius 3 is 2.60 bits per heavy atom. The van der Waals surface area contributed by atoms with E-state index in [1.54, 1.807) is 0 Å². The van der Waals surface area contributed by atoms with Crippen LogP contribution in [0.15, 0.2) is 48.5 Å². The standard InChI is InChI=1S/C18H16N2/c1-2-5-13(6-3-1)9-10-14-7-4-8-16-17(14)20-18(19-16)15-11-12-15/h1-10,15H,11-12H2,(H,19,20). The number of nitrogens with one attached hydrogen (secondary N) is 1. The van der Waals surface area contributed by atoms with Crippen molar-refractivity contribution in [1.82, 2.24) is 9.97 Å². The summed E-state index contributed by atoms with van der Waals surface area (Å²) in [5.74, 6) is 1.81. The van der Waals surface area contributed by atoms with Crippen LogP contribution in [-0.2, 0) is 0 Å². The lowest BCUT2D eigenvalue weighted by Gasteiger charge is -1.95. The Labute approximate surface area is 118 Å². The molecule has 98 valence electrons. The molecule has 2 heteroatoms. The number of hydrogen-bond acceptors (Lipinski definition) is 1. The Morgan fingerprint density at radius 1 is 0.950 bits per heavy atom. The van der Waals surface area contributed by atoms with Gasteiger partial charge >= 0.3 is 0 Å². The minimum Gasteiger partial charge on any atom is -0.342 e. The van der Waals surface area contributed by atoms with Crippen LogP contribution in [0.5, 0.6) is 0 Å². The highest BCUT2D eigenvalue weighted by molar-refractivity contribution is 5.88. The van der Waals surface area contributed by atoms with Crippen LogP contribution < -0.4 is 0 Å². The van der Waals surface area contributed by atoms with Crippen LogP contribution in [0.1, 0.15) is 35.7 Å². The van der Waals surface area contributed by atoms with Crippen molar-refractivity contribution < 1.29 is 0 Å². The summed E-state index contributed by atoms with van der Waals surface area (Å²) in [5, 5.41) is 0. The van der Waals surface area contributed by atoms with Crippen LogP contribution in [0.2, 0.25) is 0 Å². The van der Waals surface area contributed by atoms with Gasteiger partial charge in [0.1, 0.15) is 5.82 Å². The molecular weight excluding hydrogens is 244 g/mol. The Hall–Kier alpha value is -2.35. The van der Waals surface area contributed by atoms with Crippen molar-refractivity contribution in [2.24, 2.45) is 0 Å². The minimum absolute atomic E-state index is 0.661. The minimum atomic E-state index is 0.661. The molecule has 0 aliphatic heterocycles. The summed E-state index contributed by atoms with van der Waals surface area (Å²) in [6.07, 6.45) is 6.83. The molecule has 0 spiro atoms. The van der Waals surface area contributed by atoms with Gasteiger partial charge in [-0.25, -0.2) is 4.98 Å². The molecule has 0 atom stereocenters. The molecule has 1 aromatic heterocycles. The van der Waals surface area contributed by atoms with Gasteiger partial charge in [0.2, 0.25) is 0 Å². The van der Waals surface area contributed by atoms with Gasteiger partial charge in [-0.15, -0.1) is 0 Å². The first kappa shape index (κ1) is 11.5. The third-order valence-electron chi connectivity index (χ3n) is 3.78. The number of imidazole rings is 1. The maximum absolute atomic E-state index is 4.78. The summed E-state index contributed by atoms with van der Waals surface area (Å²) >= 11 is 0. The Kier molecular flexibility index (Phi) is 2.66. The molecule has 2 aromatic carbocycles. The highest BCUT2D eigenvalue weighted by atomic mass is 14.9. The van der Waals surface area contributed by atoms with Crippen molar-refractivity contribution in [1.29, 1.82) is 0 Å². The summed E-state index contributed by atoms with van der Waals surface area (Å²) in [5.41, 5.74) is 4.61. The fraction of sp³-hybridized carbons (Fsp3) is 0.167. The maximum atomic E-state index is 4.78. The highest BCUT2D eigenvalue weighted by Gasteiger charge is 2.26.